The monoisotopic (exact) mass is 213 g/mol. The van der Waals surface area contributed by atoms with Gasteiger partial charge < -0.3 is 10.2 Å². The van der Waals surface area contributed by atoms with Crippen LogP contribution in [-0.4, -0.2) is 41.0 Å². The first-order valence-corrected chi connectivity index (χ1v) is 5.55. The van der Waals surface area contributed by atoms with Gasteiger partial charge in [-0.25, -0.2) is 0 Å². The van der Waals surface area contributed by atoms with Gasteiger partial charge in [0.1, 0.15) is 0 Å². The van der Waals surface area contributed by atoms with Crippen LogP contribution in [0.4, 0.5) is 5.13 Å². The molecule has 2 heterocycles. The average molecular weight is 213 g/mol. The van der Waals surface area contributed by atoms with Crippen molar-refractivity contribution in [2.24, 2.45) is 5.41 Å². The lowest BCUT2D eigenvalue weighted by Crippen LogP contribution is -2.35. The molecule has 0 spiro atoms. The zero-order valence-corrected chi connectivity index (χ0v) is 9.34. The van der Waals surface area contributed by atoms with E-state index in [9.17, 15) is 0 Å². The summed E-state index contributed by atoms with van der Waals surface area (Å²) in [6.07, 6.45) is 0. The summed E-state index contributed by atoms with van der Waals surface area (Å²) in [5.74, 6) is 0. The number of aromatic nitrogens is 3. The van der Waals surface area contributed by atoms with Gasteiger partial charge >= 0.3 is 0 Å². The van der Waals surface area contributed by atoms with Gasteiger partial charge in [0.15, 0.2) is 0 Å². The first kappa shape index (κ1) is 9.79. The minimum Gasteiger partial charge on any atom is -0.344 e. The van der Waals surface area contributed by atoms with Crippen LogP contribution in [0.5, 0.6) is 0 Å². The van der Waals surface area contributed by atoms with Crippen LogP contribution in [0.3, 0.4) is 0 Å². The molecule has 0 amide bonds. The molecule has 1 saturated heterocycles. The van der Waals surface area contributed by atoms with Crippen LogP contribution in [0.25, 0.3) is 0 Å². The van der Waals surface area contributed by atoms with Crippen molar-refractivity contribution in [3.05, 3.63) is 0 Å². The maximum absolute atomic E-state index is 4.00. The Morgan fingerprint density at radius 3 is 3.07 bits per heavy atom. The van der Waals surface area contributed by atoms with Crippen LogP contribution in [0.1, 0.15) is 13.8 Å². The minimum atomic E-state index is 0.280. The fourth-order valence-corrected chi connectivity index (χ4v) is 2.20. The minimum absolute atomic E-state index is 0.280. The third-order valence-electron chi connectivity index (χ3n) is 2.34. The Kier molecular flexibility index (Phi) is 2.64. The maximum Gasteiger partial charge on any atom is 0.227 e. The summed E-state index contributed by atoms with van der Waals surface area (Å²) in [4.78, 5) is 2.25. The molecular weight excluding hydrogens is 198 g/mol. The summed E-state index contributed by atoms with van der Waals surface area (Å²) in [5, 5.41) is 12.0. The van der Waals surface area contributed by atoms with Gasteiger partial charge in [0.25, 0.3) is 0 Å². The standard InChI is InChI=1S/C8H15N5S/c1-8(2)5-9-3-4-13(6-8)7-10-11-12-14-7/h9H,3-6H2,1-2H3. The fourth-order valence-electron chi connectivity index (χ4n) is 1.71. The molecule has 0 aliphatic carbocycles. The Bertz CT molecular complexity index is 284. The van der Waals surface area contributed by atoms with Gasteiger partial charge in [-0.1, -0.05) is 23.4 Å². The van der Waals surface area contributed by atoms with Crippen molar-refractivity contribution in [3.8, 4) is 0 Å². The number of rotatable bonds is 1. The molecule has 0 saturated carbocycles. The average Bonchev–Trinajstić information content (AvgIpc) is 2.57. The summed E-state index contributed by atoms with van der Waals surface area (Å²) in [6.45, 7) is 8.56. The smallest absolute Gasteiger partial charge is 0.227 e. The molecule has 78 valence electrons. The van der Waals surface area contributed by atoms with Crippen LogP contribution in [0.15, 0.2) is 0 Å². The molecule has 0 unspecified atom stereocenters. The third kappa shape index (κ3) is 2.19. The first-order chi connectivity index (χ1) is 6.67. The molecule has 2 rings (SSSR count). The summed E-state index contributed by atoms with van der Waals surface area (Å²) in [7, 11) is 0. The molecule has 0 aromatic carbocycles. The first-order valence-electron chi connectivity index (χ1n) is 4.78. The lowest BCUT2D eigenvalue weighted by atomic mass is 9.93. The highest BCUT2D eigenvalue weighted by Gasteiger charge is 2.25. The summed E-state index contributed by atoms with van der Waals surface area (Å²) in [5.41, 5.74) is 0.280. The molecule has 1 N–H and O–H groups in total. The van der Waals surface area contributed by atoms with Crippen molar-refractivity contribution in [1.82, 2.24) is 20.1 Å². The second kappa shape index (κ2) is 3.78. The van der Waals surface area contributed by atoms with Gasteiger partial charge in [-0.05, 0) is 10.6 Å². The molecule has 1 aliphatic rings. The second-order valence-corrected chi connectivity index (χ2v) is 5.12. The van der Waals surface area contributed by atoms with E-state index in [1.54, 1.807) is 0 Å². The van der Waals surface area contributed by atoms with Crippen molar-refractivity contribution >= 4 is 16.7 Å². The number of nitrogens with zero attached hydrogens (tertiary/aromatic N) is 4. The normalized spacial score (nSPS) is 22.0. The maximum atomic E-state index is 4.00. The highest BCUT2D eigenvalue weighted by Crippen LogP contribution is 2.22. The van der Waals surface area contributed by atoms with Crippen molar-refractivity contribution in [2.75, 3.05) is 31.1 Å². The van der Waals surface area contributed by atoms with Crippen LogP contribution in [-0.2, 0) is 0 Å². The largest absolute Gasteiger partial charge is 0.344 e. The number of anilines is 1. The lowest BCUT2D eigenvalue weighted by molar-refractivity contribution is 0.370. The quantitative estimate of drug-likeness (QED) is 0.730. The summed E-state index contributed by atoms with van der Waals surface area (Å²) in [6, 6.07) is 0. The van der Waals surface area contributed by atoms with E-state index in [-0.39, 0.29) is 5.41 Å². The lowest BCUT2D eigenvalue weighted by Gasteiger charge is -2.27. The van der Waals surface area contributed by atoms with E-state index in [4.69, 9.17) is 0 Å². The molecule has 1 aromatic rings. The van der Waals surface area contributed by atoms with Gasteiger partial charge in [-0.2, -0.15) is 0 Å². The molecule has 1 aromatic heterocycles. The SMILES string of the molecule is CC1(C)CNCCN(c2nnns2)C1. The highest BCUT2D eigenvalue weighted by atomic mass is 32.1. The van der Waals surface area contributed by atoms with E-state index in [1.807, 2.05) is 0 Å². The molecule has 0 atom stereocenters. The van der Waals surface area contributed by atoms with E-state index in [0.717, 1.165) is 31.3 Å². The number of hydrogen-bond donors (Lipinski definition) is 1. The van der Waals surface area contributed by atoms with Crippen LogP contribution < -0.4 is 10.2 Å². The van der Waals surface area contributed by atoms with Gasteiger partial charge in [0.2, 0.25) is 5.13 Å². The molecule has 0 radical (unpaired) electrons. The van der Waals surface area contributed by atoms with Gasteiger partial charge in [0.05, 0.1) is 0 Å². The van der Waals surface area contributed by atoms with Crippen LogP contribution >= 0.6 is 11.5 Å². The molecule has 0 bridgehead atoms. The van der Waals surface area contributed by atoms with Crippen molar-refractivity contribution in [2.45, 2.75) is 13.8 Å². The Morgan fingerprint density at radius 2 is 2.36 bits per heavy atom. The Hall–Kier alpha value is -0.750. The molecule has 6 heteroatoms. The van der Waals surface area contributed by atoms with Gasteiger partial charge in [0, 0.05) is 37.7 Å². The van der Waals surface area contributed by atoms with Crippen molar-refractivity contribution in [1.29, 1.82) is 0 Å². The molecular formula is C8H15N5S. The molecule has 1 fully saturated rings. The predicted molar refractivity (Wildman–Crippen MR) is 56.6 cm³/mol. The number of hydrogen-bond acceptors (Lipinski definition) is 6. The fraction of sp³-hybridized carbons (Fsp3) is 0.875. The van der Waals surface area contributed by atoms with E-state index in [0.29, 0.717) is 0 Å². The summed E-state index contributed by atoms with van der Waals surface area (Å²) < 4.78 is 3.79. The Balaban J connectivity index is 2.11. The Morgan fingerprint density at radius 1 is 1.50 bits per heavy atom. The second-order valence-electron chi connectivity index (χ2n) is 4.41. The van der Waals surface area contributed by atoms with Crippen molar-refractivity contribution in [3.63, 3.8) is 0 Å². The van der Waals surface area contributed by atoms with Crippen LogP contribution in [0.2, 0.25) is 0 Å². The van der Waals surface area contributed by atoms with Crippen LogP contribution in [0, 0.1) is 5.41 Å². The molecule has 1 aliphatic heterocycles. The van der Waals surface area contributed by atoms with E-state index < -0.39 is 0 Å². The summed E-state index contributed by atoms with van der Waals surface area (Å²) >= 11 is 1.37. The number of nitrogens with one attached hydrogen (secondary N) is 1. The van der Waals surface area contributed by atoms with E-state index in [2.05, 4.69) is 38.9 Å². The molecule has 14 heavy (non-hydrogen) atoms. The Labute approximate surface area is 87.7 Å². The van der Waals surface area contributed by atoms with E-state index >= 15 is 0 Å². The topological polar surface area (TPSA) is 53.9 Å². The predicted octanol–water partition coefficient (Wildman–Crippen LogP) is 0.369. The highest BCUT2D eigenvalue weighted by molar-refractivity contribution is 7.09. The van der Waals surface area contributed by atoms with Crippen molar-refractivity contribution < 1.29 is 0 Å². The van der Waals surface area contributed by atoms with Gasteiger partial charge in [-0.15, -0.1) is 0 Å². The third-order valence-corrected chi connectivity index (χ3v) is 3.00. The van der Waals surface area contributed by atoms with E-state index in [1.165, 1.54) is 11.5 Å². The zero-order chi connectivity index (χ0) is 10.0. The van der Waals surface area contributed by atoms with Gasteiger partial charge in [-0.3, -0.25) is 0 Å². The zero-order valence-electron chi connectivity index (χ0n) is 8.53. The molecule has 5 nitrogen and oxygen atoms in total.